The Morgan fingerprint density at radius 3 is 2.46 bits per heavy atom. The summed E-state index contributed by atoms with van der Waals surface area (Å²) in [5, 5.41) is 0. The average Bonchev–Trinajstić information content (AvgIpc) is 2.75. The molecule has 26 heavy (non-hydrogen) atoms. The second kappa shape index (κ2) is 8.31. The highest BCUT2D eigenvalue weighted by Gasteiger charge is 2.34. The van der Waals surface area contributed by atoms with Crippen molar-refractivity contribution < 1.29 is 9.53 Å². The van der Waals surface area contributed by atoms with Gasteiger partial charge >= 0.3 is 0 Å². The fraction of sp³-hybridized carbons (Fsp3) is 0.737. The summed E-state index contributed by atoms with van der Waals surface area (Å²) in [6, 6.07) is 2.43. The van der Waals surface area contributed by atoms with E-state index in [4.69, 9.17) is 4.74 Å². The molecule has 4 rings (SSSR count). The molecule has 0 aliphatic carbocycles. The van der Waals surface area contributed by atoms with Crippen LogP contribution in [-0.2, 0) is 9.53 Å². The van der Waals surface area contributed by atoms with Crippen molar-refractivity contribution in [1.82, 2.24) is 19.8 Å². The molecule has 7 heteroatoms. The maximum absolute atomic E-state index is 13.0. The van der Waals surface area contributed by atoms with Crippen LogP contribution >= 0.6 is 0 Å². The molecule has 1 amide bonds. The van der Waals surface area contributed by atoms with Crippen LogP contribution in [0.4, 0.5) is 5.95 Å². The zero-order chi connectivity index (χ0) is 17.8. The van der Waals surface area contributed by atoms with Gasteiger partial charge in [-0.05, 0) is 38.3 Å². The Labute approximate surface area is 155 Å². The maximum atomic E-state index is 13.0. The molecule has 0 spiro atoms. The first-order valence-electron chi connectivity index (χ1n) is 9.94. The van der Waals surface area contributed by atoms with Crippen molar-refractivity contribution in [2.24, 2.45) is 5.92 Å². The molecule has 1 aromatic rings. The second-order valence-electron chi connectivity index (χ2n) is 7.54. The van der Waals surface area contributed by atoms with Crippen molar-refractivity contribution in [3.63, 3.8) is 0 Å². The van der Waals surface area contributed by atoms with E-state index >= 15 is 0 Å². The van der Waals surface area contributed by atoms with E-state index in [0.29, 0.717) is 11.9 Å². The fourth-order valence-corrected chi connectivity index (χ4v) is 4.43. The van der Waals surface area contributed by atoms with Crippen molar-refractivity contribution >= 4 is 11.9 Å². The van der Waals surface area contributed by atoms with Crippen LogP contribution in [0.3, 0.4) is 0 Å². The van der Waals surface area contributed by atoms with Gasteiger partial charge < -0.3 is 14.5 Å². The summed E-state index contributed by atoms with van der Waals surface area (Å²) in [6.07, 6.45) is 7.92. The first-order valence-corrected chi connectivity index (χ1v) is 9.94. The SMILES string of the molecule is O=C(C1CCCN(C2CCOCC2)C1)N1CCN(c2ncccn2)CC1. The largest absolute Gasteiger partial charge is 0.381 e. The smallest absolute Gasteiger partial charge is 0.227 e. The van der Waals surface area contributed by atoms with Crippen LogP contribution < -0.4 is 4.90 Å². The Bertz CT molecular complexity index is 585. The molecule has 3 fully saturated rings. The molecular weight excluding hydrogens is 330 g/mol. The lowest BCUT2D eigenvalue weighted by Crippen LogP contribution is -2.54. The Morgan fingerprint density at radius 1 is 1.00 bits per heavy atom. The van der Waals surface area contributed by atoms with Crippen molar-refractivity contribution in [3.05, 3.63) is 18.5 Å². The van der Waals surface area contributed by atoms with Crippen LogP contribution in [0, 0.1) is 5.92 Å². The number of nitrogens with zero attached hydrogens (tertiary/aromatic N) is 5. The van der Waals surface area contributed by atoms with Crippen molar-refractivity contribution in [1.29, 1.82) is 0 Å². The highest BCUT2D eigenvalue weighted by atomic mass is 16.5. The molecule has 0 aromatic carbocycles. The van der Waals surface area contributed by atoms with Gasteiger partial charge in [-0.2, -0.15) is 0 Å². The third-order valence-corrected chi connectivity index (χ3v) is 5.94. The lowest BCUT2D eigenvalue weighted by atomic mass is 9.93. The highest BCUT2D eigenvalue weighted by Crippen LogP contribution is 2.25. The van der Waals surface area contributed by atoms with Gasteiger partial charge in [0.15, 0.2) is 0 Å². The number of anilines is 1. The zero-order valence-corrected chi connectivity index (χ0v) is 15.4. The standard InChI is InChI=1S/C19H29N5O2/c25-18(16-3-1-8-24(15-16)17-4-13-26-14-5-17)22-9-11-23(12-10-22)19-20-6-2-7-21-19/h2,6-7,16-17H,1,3-5,8-15H2. The van der Waals surface area contributed by atoms with E-state index in [2.05, 4.69) is 24.7 Å². The molecule has 3 aliphatic rings. The lowest BCUT2D eigenvalue weighted by molar-refractivity contribution is -0.138. The minimum atomic E-state index is 0.158. The van der Waals surface area contributed by atoms with Gasteiger partial charge in [-0.25, -0.2) is 9.97 Å². The molecule has 0 saturated carbocycles. The van der Waals surface area contributed by atoms with Crippen LogP contribution in [0.2, 0.25) is 0 Å². The monoisotopic (exact) mass is 359 g/mol. The number of piperazine rings is 1. The summed E-state index contributed by atoms with van der Waals surface area (Å²) in [5.41, 5.74) is 0. The van der Waals surface area contributed by atoms with E-state index in [1.54, 1.807) is 12.4 Å². The van der Waals surface area contributed by atoms with Crippen LogP contribution in [0.5, 0.6) is 0 Å². The molecule has 3 aliphatic heterocycles. The van der Waals surface area contributed by atoms with Gasteiger partial charge in [0.2, 0.25) is 11.9 Å². The molecule has 7 nitrogen and oxygen atoms in total. The number of piperidine rings is 1. The fourth-order valence-electron chi connectivity index (χ4n) is 4.43. The Morgan fingerprint density at radius 2 is 1.73 bits per heavy atom. The number of carbonyl (C=O) groups excluding carboxylic acids is 1. The van der Waals surface area contributed by atoms with E-state index in [-0.39, 0.29) is 5.92 Å². The van der Waals surface area contributed by atoms with E-state index < -0.39 is 0 Å². The Balaban J connectivity index is 1.30. The third-order valence-electron chi connectivity index (χ3n) is 5.94. The molecule has 0 bridgehead atoms. The molecule has 3 saturated heterocycles. The minimum absolute atomic E-state index is 0.158. The number of amides is 1. The van der Waals surface area contributed by atoms with E-state index in [0.717, 1.165) is 84.1 Å². The summed E-state index contributed by atoms with van der Waals surface area (Å²) >= 11 is 0. The molecule has 1 atom stereocenters. The Hall–Kier alpha value is -1.73. The van der Waals surface area contributed by atoms with E-state index in [1.165, 1.54) is 0 Å². The number of ether oxygens (including phenoxy) is 1. The number of likely N-dealkylation sites (tertiary alicyclic amines) is 1. The predicted molar refractivity (Wildman–Crippen MR) is 99.0 cm³/mol. The first-order chi connectivity index (χ1) is 12.8. The van der Waals surface area contributed by atoms with Crippen LogP contribution in [0.1, 0.15) is 25.7 Å². The van der Waals surface area contributed by atoms with Crippen molar-refractivity contribution in [3.8, 4) is 0 Å². The molecule has 1 unspecified atom stereocenters. The van der Waals surface area contributed by atoms with Gasteiger partial charge in [0.25, 0.3) is 0 Å². The zero-order valence-electron chi connectivity index (χ0n) is 15.4. The average molecular weight is 359 g/mol. The molecule has 0 N–H and O–H groups in total. The second-order valence-corrected chi connectivity index (χ2v) is 7.54. The Kier molecular flexibility index (Phi) is 5.65. The maximum Gasteiger partial charge on any atom is 0.227 e. The number of hydrogen-bond acceptors (Lipinski definition) is 6. The summed E-state index contributed by atoms with van der Waals surface area (Å²) in [4.78, 5) is 28.4. The highest BCUT2D eigenvalue weighted by molar-refractivity contribution is 5.79. The topological polar surface area (TPSA) is 61.8 Å². The number of rotatable bonds is 3. The van der Waals surface area contributed by atoms with Crippen molar-refractivity contribution in [2.75, 3.05) is 57.4 Å². The summed E-state index contributed by atoms with van der Waals surface area (Å²) in [5.74, 6) is 1.27. The predicted octanol–water partition coefficient (Wildman–Crippen LogP) is 1.02. The molecule has 1 aromatic heterocycles. The van der Waals surface area contributed by atoms with Gasteiger partial charge in [0.1, 0.15) is 0 Å². The molecule has 0 radical (unpaired) electrons. The number of carbonyl (C=O) groups is 1. The van der Waals surface area contributed by atoms with Gasteiger partial charge in [0, 0.05) is 64.4 Å². The minimum Gasteiger partial charge on any atom is -0.381 e. The quantitative estimate of drug-likeness (QED) is 0.803. The molecule has 4 heterocycles. The first kappa shape index (κ1) is 17.7. The van der Waals surface area contributed by atoms with Gasteiger partial charge in [-0.3, -0.25) is 9.69 Å². The normalized spacial score (nSPS) is 26.1. The van der Waals surface area contributed by atoms with Crippen LogP contribution in [-0.4, -0.2) is 84.2 Å². The third kappa shape index (κ3) is 3.99. The molecular formula is C19H29N5O2. The van der Waals surface area contributed by atoms with Crippen LogP contribution in [0.15, 0.2) is 18.5 Å². The number of hydrogen-bond donors (Lipinski definition) is 0. The number of aromatic nitrogens is 2. The summed E-state index contributed by atoms with van der Waals surface area (Å²) < 4.78 is 5.49. The summed E-state index contributed by atoms with van der Waals surface area (Å²) in [6.45, 7) is 6.94. The van der Waals surface area contributed by atoms with E-state index in [1.807, 2.05) is 6.07 Å². The van der Waals surface area contributed by atoms with Gasteiger partial charge in [-0.15, -0.1) is 0 Å². The van der Waals surface area contributed by atoms with E-state index in [9.17, 15) is 4.79 Å². The van der Waals surface area contributed by atoms with Crippen LogP contribution in [0.25, 0.3) is 0 Å². The van der Waals surface area contributed by atoms with Crippen molar-refractivity contribution in [2.45, 2.75) is 31.7 Å². The summed E-state index contributed by atoms with van der Waals surface area (Å²) in [7, 11) is 0. The lowest BCUT2D eigenvalue weighted by Gasteiger charge is -2.42. The van der Waals surface area contributed by atoms with Gasteiger partial charge in [-0.1, -0.05) is 0 Å². The van der Waals surface area contributed by atoms with Gasteiger partial charge in [0.05, 0.1) is 5.92 Å². The molecule has 142 valence electrons.